The first-order chi connectivity index (χ1) is 18.5. The Morgan fingerprint density at radius 2 is 1.90 bits per heavy atom. The second kappa shape index (κ2) is 10.0. The summed E-state index contributed by atoms with van der Waals surface area (Å²) >= 11 is 0. The van der Waals surface area contributed by atoms with Gasteiger partial charge in [0.2, 0.25) is 5.91 Å². The molecule has 2 aromatic heterocycles. The van der Waals surface area contributed by atoms with Crippen LogP contribution in [0, 0.1) is 34.5 Å². The third-order valence-corrected chi connectivity index (χ3v) is 8.85. The molecule has 8 heteroatoms. The lowest BCUT2D eigenvalue weighted by Gasteiger charge is -2.41. The molecule has 3 aromatic rings. The number of amides is 2. The molecule has 2 bridgehead atoms. The van der Waals surface area contributed by atoms with Crippen molar-refractivity contribution in [2.24, 2.45) is 30.2 Å². The smallest absolute Gasteiger partial charge is 0.255 e. The molecule has 1 saturated heterocycles. The molecule has 1 aromatic carbocycles. The van der Waals surface area contributed by atoms with E-state index in [9.17, 15) is 14.9 Å². The molecule has 2 aliphatic rings. The second-order valence-corrected chi connectivity index (χ2v) is 12.2. The fraction of sp³-hybridized carbons (Fsp3) is 0.484. The number of rotatable bonds is 5. The van der Waals surface area contributed by atoms with E-state index in [2.05, 4.69) is 43.3 Å². The molecule has 1 saturated carbocycles. The maximum absolute atomic E-state index is 13.4. The summed E-state index contributed by atoms with van der Waals surface area (Å²) in [6.07, 6.45) is 5.94. The number of benzene rings is 1. The zero-order chi connectivity index (χ0) is 28.1. The number of carbonyl (C=O) groups excluding carboxylic acids is 2. The van der Waals surface area contributed by atoms with Crippen molar-refractivity contribution in [2.45, 2.75) is 46.5 Å². The molecule has 8 nitrogen and oxygen atoms in total. The van der Waals surface area contributed by atoms with Gasteiger partial charge in [-0.1, -0.05) is 33.8 Å². The zero-order valence-electron chi connectivity index (χ0n) is 23.6. The van der Waals surface area contributed by atoms with Crippen LogP contribution in [0.4, 0.5) is 5.69 Å². The van der Waals surface area contributed by atoms with Gasteiger partial charge in [-0.15, -0.1) is 0 Å². The van der Waals surface area contributed by atoms with Crippen molar-refractivity contribution in [3.05, 3.63) is 53.3 Å². The summed E-state index contributed by atoms with van der Waals surface area (Å²) in [5.74, 6) is 1.49. The number of methoxy groups -OCH3 is 1. The van der Waals surface area contributed by atoms with Gasteiger partial charge in [-0.25, -0.2) is 4.98 Å². The predicted octanol–water partition coefficient (Wildman–Crippen LogP) is 5.34. The Bertz CT molecular complexity index is 1460. The highest BCUT2D eigenvalue weighted by molar-refractivity contribution is 6.07. The molecule has 1 aliphatic carbocycles. The highest BCUT2D eigenvalue weighted by Crippen LogP contribution is 2.52. The number of piperidine rings is 1. The number of anilines is 1. The highest BCUT2D eigenvalue weighted by atomic mass is 16.5. The number of ether oxygens (including phenoxy) is 1. The Morgan fingerprint density at radius 1 is 1.21 bits per heavy atom. The minimum Gasteiger partial charge on any atom is -0.494 e. The average Bonchev–Trinajstić information content (AvgIpc) is 3.38. The first-order valence-electron chi connectivity index (χ1n) is 13.7. The van der Waals surface area contributed by atoms with E-state index in [0.29, 0.717) is 34.4 Å². The number of nitriles is 1. The number of aryl methyl sites for hydroxylation is 1. The molecule has 0 unspecified atom stereocenters. The van der Waals surface area contributed by atoms with Gasteiger partial charge in [-0.2, -0.15) is 5.26 Å². The van der Waals surface area contributed by atoms with Gasteiger partial charge in [0.25, 0.3) is 5.91 Å². The molecule has 0 radical (unpaired) electrons. The molecule has 0 spiro atoms. The van der Waals surface area contributed by atoms with Gasteiger partial charge in [-0.3, -0.25) is 9.59 Å². The van der Waals surface area contributed by atoms with E-state index in [4.69, 9.17) is 9.72 Å². The minimum absolute atomic E-state index is 0.0321. The Hall–Kier alpha value is -3.86. The Morgan fingerprint density at radius 3 is 2.51 bits per heavy atom. The van der Waals surface area contributed by atoms with Crippen LogP contribution in [0.1, 0.15) is 67.9 Å². The zero-order valence-corrected chi connectivity index (χ0v) is 23.6. The SMILES string of the molecule is COc1c(NC(=O)c2cccc(C#N)c2)cnc2c1c([C@H]1[C@@H]3CC[C@H]1CN(C(=O)[C@H](C)C(C)(C)C)C3)cn2C. The van der Waals surface area contributed by atoms with Crippen LogP contribution in [0.3, 0.4) is 0 Å². The number of pyridine rings is 1. The Labute approximate surface area is 230 Å². The third-order valence-electron chi connectivity index (χ3n) is 8.85. The van der Waals surface area contributed by atoms with E-state index < -0.39 is 0 Å². The van der Waals surface area contributed by atoms with E-state index in [1.165, 1.54) is 5.56 Å². The number of hydrogen-bond acceptors (Lipinski definition) is 5. The summed E-state index contributed by atoms with van der Waals surface area (Å²) in [6, 6.07) is 8.67. The summed E-state index contributed by atoms with van der Waals surface area (Å²) in [4.78, 5) is 33.2. The van der Waals surface area contributed by atoms with E-state index in [1.807, 2.05) is 18.5 Å². The van der Waals surface area contributed by atoms with Crippen LogP contribution in [0.15, 0.2) is 36.7 Å². The van der Waals surface area contributed by atoms with Crippen molar-refractivity contribution >= 4 is 28.5 Å². The lowest BCUT2D eigenvalue weighted by atomic mass is 9.77. The number of likely N-dealkylation sites (tertiary alicyclic amines) is 1. The highest BCUT2D eigenvalue weighted by Gasteiger charge is 2.46. The van der Waals surface area contributed by atoms with Crippen molar-refractivity contribution < 1.29 is 14.3 Å². The van der Waals surface area contributed by atoms with Crippen LogP contribution >= 0.6 is 0 Å². The van der Waals surface area contributed by atoms with Crippen LogP contribution in [-0.2, 0) is 11.8 Å². The van der Waals surface area contributed by atoms with Gasteiger partial charge in [0, 0.05) is 37.8 Å². The van der Waals surface area contributed by atoms with Crippen molar-refractivity contribution in [1.82, 2.24) is 14.5 Å². The number of hydrogen-bond donors (Lipinski definition) is 1. The van der Waals surface area contributed by atoms with Crippen LogP contribution < -0.4 is 10.1 Å². The standard InChI is InChI=1S/C31H37N5O3/c1-18(31(2,3)4)30(38)36-15-21-10-11-22(16-36)25(21)23-17-35(5)28-26(23)27(39-6)24(14-33-28)34-29(37)20-9-7-8-19(12-20)13-32/h7-9,12,14,17-18,21-22,25H,10-11,15-16H2,1-6H3,(H,34,37)/t18-,21-,22+,25+/m0/s1. The fourth-order valence-corrected chi connectivity index (χ4v) is 6.38. The van der Waals surface area contributed by atoms with Gasteiger partial charge in [-0.05, 0) is 59.8 Å². The number of carbonyl (C=O) groups is 2. The predicted molar refractivity (Wildman–Crippen MR) is 151 cm³/mol. The Kier molecular flexibility index (Phi) is 6.88. The minimum atomic E-state index is -0.330. The molecule has 204 valence electrons. The molecule has 4 atom stereocenters. The van der Waals surface area contributed by atoms with Crippen LogP contribution in [-0.4, -0.2) is 46.5 Å². The van der Waals surface area contributed by atoms with Gasteiger partial charge >= 0.3 is 0 Å². The number of fused-ring (bicyclic) bond motifs is 3. The Balaban J connectivity index is 1.48. The van der Waals surface area contributed by atoms with Crippen molar-refractivity contribution in [2.75, 3.05) is 25.5 Å². The molecule has 1 aliphatic heterocycles. The van der Waals surface area contributed by atoms with Crippen LogP contribution in [0.2, 0.25) is 0 Å². The van der Waals surface area contributed by atoms with Crippen molar-refractivity contribution in [1.29, 1.82) is 5.26 Å². The lowest BCUT2D eigenvalue weighted by molar-refractivity contribution is -0.140. The lowest BCUT2D eigenvalue weighted by Crippen LogP contribution is -2.48. The largest absolute Gasteiger partial charge is 0.494 e. The number of nitrogens with zero attached hydrogens (tertiary/aromatic N) is 4. The maximum Gasteiger partial charge on any atom is 0.255 e. The summed E-state index contributed by atoms with van der Waals surface area (Å²) in [5, 5.41) is 13.1. The third kappa shape index (κ3) is 4.75. The monoisotopic (exact) mass is 527 g/mol. The molecule has 2 amide bonds. The molecule has 1 N–H and O–H groups in total. The van der Waals surface area contributed by atoms with Gasteiger partial charge in [0.15, 0.2) is 5.75 Å². The van der Waals surface area contributed by atoms with E-state index in [1.54, 1.807) is 37.6 Å². The molecule has 39 heavy (non-hydrogen) atoms. The van der Waals surface area contributed by atoms with Crippen LogP contribution in [0.5, 0.6) is 5.75 Å². The van der Waals surface area contributed by atoms with Gasteiger partial charge in [0.1, 0.15) is 11.3 Å². The van der Waals surface area contributed by atoms with Crippen molar-refractivity contribution in [3.63, 3.8) is 0 Å². The molecular formula is C31H37N5O3. The molecule has 3 heterocycles. The normalized spacial score (nSPS) is 21.5. The van der Waals surface area contributed by atoms with Gasteiger partial charge in [0.05, 0.1) is 30.3 Å². The second-order valence-electron chi connectivity index (χ2n) is 12.2. The number of nitrogens with one attached hydrogen (secondary N) is 1. The number of aromatic nitrogens is 2. The molecule has 5 rings (SSSR count). The first-order valence-corrected chi connectivity index (χ1v) is 13.7. The van der Waals surface area contributed by atoms with Crippen molar-refractivity contribution in [3.8, 4) is 11.8 Å². The van der Waals surface area contributed by atoms with Crippen LogP contribution in [0.25, 0.3) is 11.0 Å². The van der Waals surface area contributed by atoms with E-state index >= 15 is 0 Å². The summed E-state index contributed by atoms with van der Waals surface area (Å²) in [5.41, 5.74) is 3.20. The average molecular weight is 528 g/mol. The summed E-state index contributed by atoms with van der Waals surface area (Å²) in [7, 11) is 3.59. The maximum atomic E-state index is 13.4. The van der Waals surface area contributed by atoms with Gasteiger partial charge < -0.3 is 19.5 Å². The van der Waals surface area contributed by atoms with E-state index in [0.717, 1.165) is 37.0 Å². The van der Waals surface area contributed by atoms with E-state index in [-0.39, 0.29) is 29.1 Å². The quantitative estimate of drug-likeness (QED) is 0.483. The summed E-state index contributed by atoms with van der Waals surface area (Å²) < 4.78 is 7.94. The molecule has 2 fully saturated rings. The topological polar surface area (TPSA) is 100 Å². The fourth-order valence-electron chi connectivity index (χ4n) is 6.38. The molecular weight excluding hydrogens is 490 g/mol. The first kappa shape index (κ1) is 26.7. The summed E-state index contributed by atoms with van der Waals surface area (Å²) in [6.45, 7) is 9.95.